The van der Waals surface area contributed by atoms with Crippen LogP contribution in [0.2, 0.25) is 10.0 Å². The van der Waals surface area contributed by atoms with Crippen LogP contribution in [0.5, 0.6) is 0 Å². The van der Waals surface area contributed by atoms with Gasteiger partial charge in [0.25, 0.3) is 0 Å². The second-order valence-corrected chi connectivity index (χ2v) is 9.65. The number of aliphatic hydroxyl groups is 1. The molecule has 1 aromatic heterocycles. The highest BCUT2D eigenvalue weighted by molar-refractivity contribution is 7.09. The topological polar surface area (TPSA) is 63.4 Å². The molecule has 4 rings (SSSR count). The number of piperazine rings is 1. The molecule has 0 unspecified atom stereocenters. The van der Waals surface area contributed by atoms with Gasteiger partial charge in [-0.25, -0.2) is 4.98 Å². The first-order valence-corrected chi connectivity index (χ1v) is 11.6. The molecule has 1 fully saturated rings. The number of thiazole rings is 1. The van der Waals surface area contributed by atoms with E-state index in [-0.39, 0.29) is 6.04 Å². The van der Waals surface area contributed by atoms with Gasteiger partial charge in [-0.15, -0.1) is 11.3 Å². The minimum absolute atomic E-state index is 0.00797. The van der Waals surface area contributed by atoms with Crippen LogP contribution in [-0.2, 0) is 5.60 Å². The molecule has 160 valence electrons. The molecule has 2 atom stereocenters. The Morgan fingerprint density at radius 1 is 1.19 bits per heavy atom. The van der Waals surface area contributed by atoms with Crippen LogP contribution < -0.4 is 4.90 Å². The maximum atomic E-state index is 11.0. The first-order chi connectivity index (χ1) is 14.9. The fraction of sp³-hybridized carbons (Fsp3) is 0.304. The Kier molecular flexibility index (Phi) is 6.52. The normalized spacial score (nSPS) is 19.1. The molecule has 31 heavy (non-hydrogen) atoms. The van der Waals surface area contributed by atoms with Crippen molar-refractivity contribution in [1.29, 1.82) is 5.26 Å². The molecule has 8 heteroatoms. The van der Waals surface area contributed by atoms with E-state index in [4.69, 9.17) is 23.2 Å². The predicted octanol–water partition coefficient (Wildman–Crippen LogP) is 5.09. The van der Waals surface area contributed by atoms with Crippen molar-refractivity contribution < 1.29 is 5.11 Å². The second kappa shape index (κ2) is 9.15. The maximum absolute atomic E-state index is 11.0. The molecule has 1 N–H and O–H groups in total. The average molecular weight is 473 g/mol. The molecule has 0 radical (unpaired) electrons. The van der Waals surface area contributed by atoms with E-state index in [0.717, 1.165) is 17.8 Å². The standard InChI is InChI=1S/C23H22Cl2N4OS/c1-23(30,22-27-8-11-31-22)15-28-9-10-29(20-7-6-19(25)12-17(20)13-26)21(14-28)16-2-4-18(24)5-3-16/h2-8,11-12,21,30H,9-10,14-15H2,1H3/t21-,23+/m0/s1. The lowest BCUT2D eigenvalue weighted by atomic mass is 9.98. The van der Waals surface area contributed by atoms with Crippen LogP contribution in [0.3, 0.4) is 0 Å². The van der Waals surface area contributed by atoms with E-state index in [9.17, 15) is 10.4 Å². The Morgan fingerprint density at radius 3 is 2.61 bits per heavy atom. The molecule has 1 aliphatic heterocycles. The summed E-state index contributed by atoms with van der Waals surface area (Å²) in [6.07, 6.45) is 1.72. The van der Waals surface area contributed by atoms with Gasteiger partial charge in [0.15, 0.2) is 0 Å². The molecule has 0 aliphatic carbocycles. The number of hydrogen-bond acceptors (Lipinski definition) is 6. The van der Waals surface area contributed by atoms with Gasteiger partial charge in [-0.1, -0.05) is 35.3 Å². The van der Waals surface area contributed by atoms with Crippen molar-refractivity contribution in [2.45, 2.75) is 18.6 Å². The number of anilines is 1. The molecule has 2 heterocycles. The number of aromatic nitrogens is 1. The number of nitriles is 1. The Bertz CT molecular complexity index is 1080. The highest BCUT2D eigenvalue weighted by Crippen LogP contribution is 2.35. The van der Waals surface area contributed by atoms with E-state index in [2.05, 4.69) is 20.9 Å². The average Bonchev–Trinajstić information content (AvgIpc) is 3.30. The molecule has 0 bridgehead atoms. The molecule has 0 spiro atoms. The smallest absolute Gasteiger partial charge is 0.126 e. The molecule has 2 aromatic carbocycles. The number of halogens is 2. The quantitative estimate of drug-likeness (QED) is 0.559. The zero-order valence-electron chi connectivity index (χ0n) is 17.0. The van der Waals surface area contributed by atoms with E-state index >= 15 is 0 Å². The highest BCUT2D eigenvalue weighted by Gasteiger charge is 2.35. The lowest BCUT2D eigenvalue weighted by molar-refractivity contribution is 0.0101. The summed E-state index contributed by atoms with van der Waals surface area (Å²) in [5.41, 5.74) is 1.48. The van der Waals surface area contributed by atoms with Crippen molar-refractivity contribution in [2.75, 3.05) is 31.1 Å². The maximum Gasteiger partial charge on any atom is 0.126 e. The molecular weight excluding hydrogens is 451 g/mol. The van der Waals surface area contributed by atoms with Crippen molar-refractivity contribution in [2.24, 2.45) is 0 Å². The first kappa shape index (κ1) is 22.1. The van der Waals surface area contributed by atoms with E-state index in [1.165, 1.54) is 11.3 Å². The SMILES string of the molecule is C[C@@](O)(CN1CCN(c2ccc(Cl)cc2C#N)[C@H](c2ccc(Cl)cc2)C1)c1nccs1. The Hall–Kier alpha value is -2.14. The number of benzene rings is 2. The highest BCUT2D eigenvalue weighted by atomic mass is 35.5. The van der Waals surface area contributed by atoms with Gasteiger partial charge >= 0.3 is 0 Å². The van der Waals surface area contributed by atoms with Crippen LogP contribution >= 0.6 is 34.5 Å². The van der Waals surface area contributed by atoms with E-state index in [1.807, 2.05) is 48.7 Å². The molecule has 5 nitrogen and oxygen atoms in total. The van der Waals surface area contributed by atoms with Crippen LogP contribution in [-0.4, -0.2) is 41.2 Å². The lowest BCUT2D eigenvalue weighted by Crippen LogP contribution is -2.52. The van der Waals surface area contributed by atoms with Gasteiger partial charge in [-0.05, 0) is 42.8 Å². The third-order valence-corrected chi connectivity index (χ3v) is 7.05. The summed E-state index contributed by atoms with van der Waals surface area (Å²) in [5, 5.41) is 24.5. The summed E-state index contributed by atoms with van der Waals surface area (Å²) in [6, 6.07) is 15.5. The largest absolute Gasteiger partial charge is 0.382 e. The molecule has 1 saturated heterocycles. The minimum atomic E-state index is -1.03. The number of rotatable bonds is 5. The van der Waals surface area contributed by atoms with Crippen LogP contribution in [0.15, 0.2) is 54.0 Å². The molecule has 1 aliphatic rings. The van der Waals surface area contributed by atoms with Gasteiger partial charge < -0.3 is 10.0 Å². The molecule has 0 amide bonds. The Labute approximate surface area is 196 Å². The molecule has 0 saturated carbocycles. The molecule has 3 aromatic rings. The van der Waals surface area contributed by atoms with E-state index in [1.54, 1.807) is 12.3 Å². The van der Waals surface area contributed by atoms with Gasteiger partial charge in [0.05, 0.1) is 17.3 Å². The summed E-state index contributed by atoms with van der Waals surface area (Å²) < 4.78 is 0. The Balaban J connectivity index is 1.65. The number of hydrogen-bond donors (Lipinski definition) is 1. The van der Waals surface area contributed by atoms with Gasteiger partial charge in [0, 0.05) is 47.8 Å². The van der Waals surface area contributed by atoms with Gasteiger partial charge in [0.1, 0.15) is 16.7 Å². The summed E-state index contributed by atoms with van der Waals surface area (Å²) in [5.74, 6) is 0. The fourth-order valence-electron chi connectivity index (χ4n) is 4.08. The van der Waals surface area contributed by atoms with Crippen molar-refractivity contribution in [1.82, 2.24) is 9.88 Å². The summed E-state index contributed by atoms with van der Waals surface area (Å²) in [4.78, 5) is 8.79. The van der Waals surface area contributed by atoms with Crippen molar-refractivity contribution >= 4 is 40.2 Å². The van der Waals surface area contributed by atoms with Crippen LogP contribution in [0, 0.1) is 11.3 Å². The number of β-amino-alcohol motifs (C(OH)–C–C–N with tert-alkyl or cyclic N) is 1. The zero-order valence-corrected chi connectivity index (χ0v) is 19.3. The van der Waals surface area contributed by atoms with E-state index in [0.29, 0.717) is 40.3 Å². The molecular formula is C23H22Cl2N4OS. The third-order valence-electron chi connectivity index (χ3n) is 5.53. The monoisotopic (exact) mass is 472 g/mol. The van der Waals surface area contributed by atoms with Crippen LogP contribution in [0.25, 0.3) is 0 Å². The third kappa shape index (κ3) is 4.87. The van der Waals surface area contributed by atoms with Crippen LogP contribution in [0.4, 0.5) is 5.69 Å². The van der Waals surface area contributed by atoms with Gasteiger partial charge in [0.2, 0.25) is 0 Å². The van der Waals surface area contributed by atoms with E-state index < -0.39 is 5.60 Å². The lowest BCUT2D eigenvalue weighted by Gasteiger charge is -2.45. The summed E-state index contributed by atoms with van der Waals surface area (Å²) in [7, 11) is 0. The fourth-order valence-corrected chi connectivity index (χ4v) is 5.07. The predicted molar refractivity (Wildman–Crippen MR) is 126 cm³/mol. The zero-order chi connectivity index (χ0) is 22.0. The van der Waals surface area contributed by atoms with Crippen molar-refractivity contribution in [3.8, 4) is 6.07 Å². The minimum Gasteiger partial charge on any atom is -0.382 e. The summed E-state index contributed by atoms with van der Waals surface area (Å²) >= 11 is 13.7. The summed E-state index contributed by atoms with van der Waals surface area (Å²) in [6.45, 7) is 4.43. The van der Waals surface area contributed by atoms with Crippen molar-refractivity contribution in [3.05, 3.63) is 80.2 Å². The number of nitrogens with zero attached hydrogens (tertiary/aromatic N) is 4. The van der Waals surface area contributed by atoms with Crippen LogP contribution in [0.1, 0.15) is 29.1 Å². The Morgan fingerprint density at radius 2 is 1.94 bits per heavy atom. The first-order valence-electron chi connectivity index (χ1n) is 9.94. The van der Waals surface area contributed by atoms with Gasteiger partial charge in [-0.2, -0.15) is 5.26 Å². The van der Waals surface area contributed by atoms with Crippen molar-refractivity contribution in [3.63, 3.8) is 0 Å². The van der Waals surface area contributed by atoms with Gasteiger partial charge in [-0.3, -0.25) is 4.90 Å². The second-order valence-electron chi connectivity index (χ2n) is 7.88.